The fourth-order valence-electron chi connectivity index (χ4n) is 0.0660. The first kappa shape index (κ1) is 11.1. The summed E-state index contributed by atoms with van der Waals surface area (Å²) in [5.74, 6) is -1.75. The molecule has 1 N–H and O–H groups in total. The molecule has 0 aromatic heterocycles. The molecule has 0 aromatic rings. The van der Waals surface area contributed by atoms with Crippen LogP contribution >= 0.6 is 0 Å². The Hall–Kier alpha value is 0.265. The Balaban J connectivity index is 0. The summed E-state index contributed by atoms with van der Waals surface area (Å²) in [5.41, 5.74) is 0. The fourth-order valence-corrected chi connectivity index (χ4v) is 0.0660. The minimum Gasteiger partial charge on any atom is -0.479 e. The van der Waals surface area contributed by atoms with Crippen LogP contribution in [0.25, 0.3) is 0 Å². The summed E-state index contributed by atoms with van der Waals surface area (Å²) in [6, 6.07) is 0. The molecule has 0 rings (SSSR count). The van der Waals surface area contributed by atoms with E-state index >= 15 is 0 Å². The summed E-state index contributed by atoms with van der Waals surface area (Å²) in [6.07, 6.45) is -2.35. The molecule has 0 heterocycles. The average Bonchev–Trinajstić information content (AvgIpc) is 1.65. The Kier molecular flexibility index (Phi) is 7.51. The number of carbonyl (C=O) groups is 1. The molecule has 44 valence electrons. The van der Waals surface area contributed by atoms with E-state index in [1.165, 1.54) is 0 Å². The minimum absolute atomic E-state index is 0. The second-order valence-corrected chi connectivity index (χ2v) is 0.960. The van der Waals surface area contributed by atoms with Gasteiger partial charge in [-0.3, -0.25) is 0 Å². The van der Waals surface area contributed by atoms with Crippen molar-refractivity contribution in [1.29, 1.82) is 0 Å². The predicted molar refractivity (Wildman–Crippen MR) is 18.5 cm³/mol. The summed E-state index contributed by atoms with van der Waals surface area (Å²) in [5, 5.41) is 7.57. The maximum atomic E-state index is 11.3. The molecule has 0 amide bonds. The van der Waals surface area contributed by atoms with E-state index < -0.39 is 18.8 Å². The van der Waals surface area contributed by atoms with Crippen molar-refractivity contribution in [3.63, 3.8) is 0 Å². The van der Waals surface area contributed by atoms with Gasteiger partial charge in [-0.25, -0.2) is 13.6 Å². The van der Waals surface area contributed by atoms with Crippen molar-refractivity contribution in [2.24, 2.45) is 0 Å². The SMILES string of the molecule is O=C(O)C(F)CF.[Hg]. The van der Waals surface area contributed by atoms with Gasteiger partial charge in [-0.15, -0.1) is 0 Å². The standard InChI is InChI=1S/C3H4F2O2.Hg/c4-1-2(5)3(6)7;/h2H,1H2,(H,6,7);. The molecule has 0 aliphatic carbocycles. The number of alkyl halides is 2. The summed E-state index contributed by atoms with van der Waals surface area (Å²) < 4.78 is 22.2. The van der Waals surface area contributed by atoms with Crippen LogP contribution in [0.2, 0.25) is 0 Å². The van der Waals surface area contributed by atoms with Gasteiger partial charge in [-0.2, -0.15) is 0 Å². The van der Waals surface area contributed by atoms with Crippen molar-refractivity contribution in [1.82, 2.24) is 0 Å². The summed E-state index contributed by atoms with van der Waals surface area (Å²) >= 11 is 0. The van der Waals surface area contributed by atoms with Crippen LogP contribution in [-0.4, -0.2) is 23.9 Å². The van der Waals surface area contributed by atoms with Crippen LogP contribution in [0.5, 0.6) is 0 Å². The molecule has 0 aliphatic rings. The maximum absolute atomic E-state index is 11.3. The third kappa shape index (κ3) is 4.42. The molecule has 1 atom stereocenters. The van der Waals surface area contributed by atoms with Crippen molar-refractivity contribution in [2.75, 3.05) is 6.67 Å². The Morgan fingerprint density at radius 2 is 2.12 bits per heavy atom. The van der Waals surface area contributed by atoms with Gasteiger partial charge in [0.25, 0.3) is 0 Å². The number of hydrogen-bond donors (Lipinski definition) is 1. The topological polar surface area (TPSA) is 37.3 Å². The number of halogens is 2. The van der Waals surface area contributed by atoms with Crippen LogP contribution in [0.3, 0.4) is 0 Å². The number of rotatable bonds is 2. The summed E-state index contributed by atoms with van der Waals surface area (Å²) in [7, 11) is 0. The zero-order chi connectivity index (χ0) is 5.86. The van der Waals surface area contributed by atoms with E-state index in [2.05, 4.69) is 0 Å². The Morgan fingerprint density at radius 1 is 1.75 bits per heavy atom. The molecule has 0 spiro atoms. The molecular weight excluding hydrogens is 307 g/mol. The van der Waals surface area contributed by atoms with E-state index in [0.29, 0.717) is 0 Å². The number of carboxylic acid groups (broad SMARTS) is 1. The fraction of sp³-hybridized carbons (Fsp3) is 0.667. The molecule has 0 bridgehead atoms. The van der Waals surface area contributed by atoms with E-state index in [0.717, 1.165) is 0 Å². The molecule has 0 aliphatic heterocycles. The van der Waals surface area contributed by atoms with E-state index in [1.54, 1.807) is 0 Å². The van der Waals surface area contributed by atoms with Gasteiger partial charge in [0.1, 0.15) is 6.67 Å². The van der Waals surface area contributed by atoms with E-state index in [9.17, 15) is 13.6 Å². The third-order valence-corrected chi connectivity index (χ3v) is 0.403. The molecule has 0 saturated heterocycles. The van der Waals surface area contributed by atoms with Crippen molar-refractivity contribution in [2.45, 2.75) is 6.17 Å². The van der Waals surface area contributed by atoms with Gasteiger partial charge in [-0.05, 0) is 0 Å². The quantitative estimate of drug-likeness (QED) is 0.749. The van der Waals surface area contributed by atoms with Crippen molar-refractivity contribution >= 4 is 5.97 Å². The van der Waals surface area contributed by atoms with Crippen molar-refractivity contribution in [3.05, 3.63) is 0 Å². The van der Waals surface area contributed by atoms with Gasteiger partial charge in [0, 0.05) is 27.7 Å². The van der Waals surface area contributed by atoms with Crippen LogP contribution in [0.1, 0.15) is 0 Å². The van der Waals surface area contributed by atoms with Gasteiger partial charge < -0.3 is 5.11 Å². The average molecular weight is 311 g/mol. The smallest absolute Gasteiger partial charge is 0.341 e. The Morgan fingerprint density at radius 3 is 2.12 bits per heavy atom. The Bertz CT molecular complexity index is 77.7. The zero-order valence-electron chi connectivity index (χ0n) is 4.10. The first-order chi connectivity index (χ1) is 3.18. The van der Waals surface area contributed by atoms with Gasteiger partial charge in [0.05, 0.1) is 0 Å². The van der Waals surface area contributed by atoms with E-state index in [4.69, 9.17) is 5.11 Å². The number of carboxylic acids is 1. The first-order valence-electron chi connectivity index (χ1n) is 1.61. The molecule has 0 fully saturated rings. The molecule has 1 unspecified atom stereocenters. The Labute approximate surface area is 65.4 Å². The molecule has 0 saturated carbocycles. The molecule has 0 aromatic carbocycles. The summed E-state index contributed by atoms with van der Waals surface area (Å²) in [4.78, 5) is 9.32. The molecular formula is C3H4F2HgO2. The van der Waals surface area contributed by atoms with E-state index in [1.807, 2.05) is 0 Å². The van der Waals surface area contributed by atoms with Crippen molar-refractivity contribution < 1.29 is 46.4 Å². The molecule has 5 heteroatoms. The van der Waals surface area contributed by atoms with Crippen LogP contribution in [0.4, 0.5) is 8.78 Å². The van der Waals surface area contributed by atoms with Gasteiger partial charge in [0.2, 0.25) is 6.17 Å². The zero-order valence-corrected chi connectivity index (χ0v) is 9.60. The van der Waals surface area contributed by atoms with Crippen LogP contribution < -0.4 is 0 Å². The van der Waals surface area contributed by atoms with Crippen molar-refractivity contribution in [3.8, 4) is 0 Å². The van der Waals surface area contributed by atoms with Gasteiger partial charge >= 0.3 is 5.97 Å². The predicted octanol–water partition coefficient (Wildman–Crippen LogP) is 0.376. The largest absolute Gasteiger partial charge is 0.479 e. The monoisotopic (exact) mass is 312 g/mol. The van der Waals surface area contributed by atoms with Crippen LogP contribution in [0, 0.1) is 0 Å². The molecule has 2 nitrogen and oxygen atoms in total. The normalized spacial score (nSPS) is 11.8. The second kappa shape index (κ2) is 5.40. The van der Waals surface area contributed by atoms with Gasteiger partial charge in [-0.1, -0.05) is 0 Å². The first-order valence-corrected chi connectivity index (χ1v) is 1.61. The maximum Gasteiger partial charge on any atom is 0.341 e. The second-order valence-electron chi connectivity index (χ2n) is 0.960. The molecule has 8 heavy (non-hydrogen) atoms. The van der Waals surface area contributed by atoms with Gasteiger partial charge in [0.15, 0.2) is 0 Å². The minimum atomic E-state index is -2.35. The number of hydrogen-bond acceptors (Lipinski definition) is 1. The summed E-state index contributed by atoms with van der Waals surface area (Å²) in [6.45, 7) is -1.45. The molecule has 0 radical (unpaired) electrons. The van der Waals surface area contributed by atoms with Crippen LogP contribution in [-0.2, 0) is 32.5 Å². The van der Waals surface area contributed by atoms with E-state index in [-0.39, 0.29) is 27.7 Å². The third-order valence-electron chi connectivity index (χ3n) is 0.403. The van der Waals surface area contributed by atoms with Crippen LogP contribution in [0.15, 0.2) is 0 Å². The number of aliphatic carboxylic acids is 1.